The van der Waals surface area contributed by atoms with Crippen LogP contribution < -0.4 is 0 Å². The summed E-state index contributed by atoms with van der Waals surface area (Å²) < 4.78 is 5.03. The summed E-state index contributed by atoms with van der Waals surface area (Å²) in [6.45, 7) is 6.35. The number of rotatable bonds is 6. The fraction of sp³-hybridized carbons (Fsp3) is 0.556. The maximum Gasteiger partial charge on any atom is 0.306 e. The molecule has 0 saturated carbocycles. The van der Waals surface area contributed by atoms with Crippen LogP contribution in [-0.4, -0.2) is 36.3 Å². The van der Waals surface area contributed by atoms with Crippen LogP contribution in [-0.2, 0) is 20.9 Å². The van der Waals surface area contributed by atoms with Gasteiger partial charge in [0.15, 0.2) is 0 Å². The SMILES string of the molecule is CCOC(=O)C[C@@H]1CCN(Cc2ccccc2)C[C@H]1C(C)=O. The number of ether oxygens (including phenoxy) is 1. The van der Waals surface area contributed by atoms with E-state index in [4.69, 9.17) is 4.74 Å². The summed E-state index contributed by atoms with van der Waals surface area (Å²) in [5, 5.41) is 0. The van der Waals surface area contributed by atoms with E-state index in [1.807, 2.05) is 25.1 Å². The van der Waals surface area contributed by atoms with E-state index in [0.29, 0.717) is 13.0 Å². The fourth-order valence-corrected chi connectivity index (χ4v) is 3.19. The Morgan fingerprint density at radius 2 is 2.00 bits per heavy atom. The lowest BCUT2D eigenvalue weighted by molar-refractivity contribution is -0.145. The van der Waals surface area contributed by atoms with Crippen molar-refractivity contribution in [1.82, 2.24) is 4.90 Å². The average Bonchev–Trinajstić information content (AvgIpc) is 2.50. The van der Waals surface area contributed by atoms with Gasteiger partial charge in [0.1, 0.15) is 5.78 Å². The van der Waals surface area contributed by atoms with Gasteiger partial charge < -0.3 is 4.74 Å². The molecule has 4 heteroatoms. The van der Waals surface area contributed by atoms with Crippen LogP contribution in [0.5, 0.6) is 0 Å². The highest BCUT2D eigenvalue weighted by atomic mass is 16.5. The Balaban J connectivity index is 1.95. The van der Waals surface area contributed by atoms with Gasteiger partial charge in [0, 0.05) is 25.4 Å². The predicted molar refractivity (Wildman–Crippen MR) is 85.2 cm³/mol. The summed E-state index contributed by atoms with van der Waals surface area (Å²) in [7, 11) is 0. The Bertz CT molecular complexity index is 500. The van der Waals surface area contributed by atoms with Crippen LogP contribution >= 0.6 is 0 Å². The van der Waals surface area contributed by atoms with Gasteiger partial charge in [0.05, 0.1) is 6.61 Å². The molecule has 0 radical (unpaired) electrons. The van der Waals surface area contributed by atoms with Crippen molar-refractivity contribution in [3.63, 3.8) is 0 Å². The van der Waals surface area contributed by atoms with Gasteiger partial charge in [-0.2, -0.15) is 0 Å². The van der Waals surface area contributed by atoms with Gasteiger partial charge in [-0.3, -0.25) is 14.5 Å². The van der Waals surface area contributed by atoms with Gasteiger partial charge >= 0.3 is 5.97 Å². The number of hydrogen-bond donors (Lipinski definition) is 0. The second kappa shape index (κ2) is 8.08. The highest BCUT2D eigenvalue weighted by Gasteiger charge is 2.33. The van der Waals surface area contributed by atoms with E-state index in [0.717, 1.165) is 26.1 Å². The summed E-state index contributed by atoms with van der Waals surface area (Å²) in [4.78, 5) is 26.0. The van der Waals surface area contributed by atoms with Gasteiger partial charge in [-0.05, 0) is 38.3 Å². The van der Waals surface area contributed by atoms with E-state index < -0.39 is 0 Å². The topological polar surface area (TPSA) is 46.6 Å². The van der Waals surface area contributed by atoms with Crippen LogP contribution in [0.25, 0.3) is 0 Å². The van der Waals surface area contributed by atoms with Crippen LogP contribution in [0.15, 0.2) is 30.3 Å². The molecule has 4 nitrogen and oxygen atoms in total. The Labute approximate surface area is 132 Å². The molecule has 0 unspecified atom stereocenters. The maximum atomic E-state index is 12.0. The zero-order valence-corrected chi connectivity index (χ0v) is 13.5. The quantitative estimate of drug-likeness (QED) is 0.758. The molecule has 1 saturated heterocycles. The Hall–Kier alpha value is -1.68. The average molecular weight is 303 g/mol. The Morgan fingerprint density at radius 1 is 1.27 bits per heavy atom. The molecule has 2 atom stereocenters. The number of benzene rings is 1. The molecule has 0 aliphatic carbocycles. The van der Waals surface area contributed by atoms with Crippen molar-refractivity contribution in [3.8, 4) is 0 Å². The molecule has 2 rings (SSSR count). The lowest BCUT2D eigenvalue weighted by Gasteiger charge is -2.37. The zero-order valence-electron chi connectivity index (χ0n) is 13.5. The molecule has 120 valence electrons. The second-order valence-electron chi connectivity index (χ2n) is 6.00. The summed E-state index contributed by atoms with van der Waals surface area (Å²) >= 11 is 0. The maximum absolute atomic E-state index is 12.0. The molecule has 0 spiro atoms. The third kappa shape index (κ3) is 4.67. The molecule has 1 aromatic rings. The van der Waals surface area contributed by atoms with Crippen LogP contribution in [0, 0.1) is 11.8 Å². The molecular weight excluding hydrogens is 278 g/mol. The molecule has 1 fully saturated rings. The monoisotopic (exact) mass is 303 g/mol. The van der Waals surface area contributed by atoms with E-state index in [-0.39, 0.29) is 23.6 Å². The fourth-order valence-electron chi connectivity index (χ4n) is 3.19. The van der Waals surface area contributed by atoms with E-state index in [1.165, 1.54) is 5.56 Å². The molecule has 1 aliphatic heterocycles. The number of esters is 1. The lowest BCUT2D eigenvalue weighted by Crippen LogP contribution is -2.43. The number of likely N-dealkylation sites (tertiary alicyclic amines) is 1. The van der Waals surface area contributed by atoms with Crippen molar-refractivity contribution in [1.29, 1.82) is 0 Å². The Morgan fingerprint density at radius 3 is 2.64 bits per heavy atom. The summed E-state index contributed by atoms with van der Waals surface area (Å²) in [6.07, 6.45) is 1.23. The summed E-state index contributed by atoms with van der Waals surface area (Å²) in [5.74, 6) is 0.0350. The van der Waals surface area contributed by atoms with Crippen molar-refractivity contribution < 1.29 is 14.3 Å². The number of ketones is 1. The van der Waals surface area contributed by atoms with E-state index in [9.17, 15) is 9.59 Å². The normalized spacial score (nSPS) is 22.3. The van der Waals surface area contributed by atoms with Crippen molar-refractivity contribution in [2.75, 3.05) is 19.7 Å². The first-order valence-corrected chi connectivity index (χ1v) is 8.02. The van der Waals surface area contributed by atoms with Crippen molar-refractivity contribution >= 4 is 11.8 Å². The number of carbonyl (C=O) groups is 2. The molecule has 1 heterocycles. The van der Waals surface area contributed by atoms with Crippen LogP contribution in [0.1, 0.15) is 32.3 Å². The van der Waals surface area contributed by atoms with Crippen LogP contribution in [0.3, 0.4) is 0 Å². The minimum Gasteiger partial charge on any atom is -0.466 e. The number of carbonyl (C=O) groups excluding carboxylic acids is 2. The molecule has 0 N–H and O–H groups in total. The molecule has 1 aromatic carbocycles. The van der Waals surface area contributed by atoms with Crippen LogP contribution in [0.4, 0.5) is 0 Å². The third-order valence-corrected chi connectivity index (χ3v) is 4.35. The molecule has 1 aliphatic rings. The van der Waals surface area contributed by atoms with Crippen LogP contribution in [0.2, 0.25) is 0 Å². The van der Waals surface area contributed by atoms with E-state index >= 15 is 0 Å². The first-order valence-electron chi connectivity index (χ1n) is 8.02. The van der Waals surface area contributed by atoms with Gasteiger partial charge in [-0.1, -0.05) is 30.3 Å². The molecular formula is C18H25NO3. The highest BCUT2D eigenvalue weighted by Crippen LogP contribution is 2.28. The first-order chi connectivity index (χ1) is 10.6. The second-order valence-corrected chi connectivity index (χ2v) is 6.00. The third-order valence-electron chi connectivity index (χ3n) is 4.35. The summed E-state index contributed by atoms with van der Waals surface area (Å²) in [6, 6.07) is 10.3. The lowest BCUT2D eigenvalue weighted by atomic mass is 9.81. The Kier molecular flexibility index (Phi) is 6.13. The van der Waals surface area contributed by atoms with Crippen molar-refractivity contribution in [3.05, 3.63) is 35.9 Å². The van der Waals surface area contributed by atoms with E-state index in [2.05, 4.69) is 17.0 Å². The highest BCUT2D eigenvalue weighted by molar-refractivity contribution is 5.80. The van der Waals surface area contributed by atoms with Gasteiger partial charge in [-0.15, -0.1) is 0 Å². The number of hydrogen-bond acceptors (Lipinski definition) is 4. The molecule has 0 amide bonds. The standard InChI is InChI=1S/C18H25NO3/c1-3-22-18(21)11-16-9-10-19(13-17(16)14(2)20)12-15-7-5-4-6-8-15/h4-8,16-17H,3,9-13H2,1-2H3/t16-,17-/m0/s1. The van der Waals surface area contributed by atoms with Crippen molar-refractivity contribution in [2.24, 2.45) is 11.8 Å². The molecule has 0 bridgehead atoms. The number of nitrogens with zero attached hydrogens (tertiary/aromatic N) is 1. The summed E-state index contributed by atoms with van der Waals surface area (Å²) in [5.41, 5.74) is 1.26. The number of piperidine rings is 1. The smallest absolute Gasteiger partial charge is 0.306 e. The van der Waals surface area contributed by atoms with E-state index in [1.54, 1.807) is 6.92 Å². The minimum absolute atomic E-state index is 0.0677. The predicted octanol–water partition coefficient (Wildman–Crippen LogP) is 2.67. The van der Waals surface area contributed by atoms with Gasteiger partial charge in [-0.25, -0.2) is 0 Å². The largest absolute Gasteiger partial charge is 0.466 e. The van der Waals surface area contributed by atoms with Crippen molar-refractivity contribution in [2.45, 2.75) is 33.2 Å². The number of Topliss-reactive ketones (excluding diaryl/α,β-unsaturated/α-hetero) is 1. The molecule has 0 aromatic heterocycles. The zero-order chi connectivity index (χ0) is 15.9. The molecule has 22 heavy (non-hydrogen) atoms. The van der Waals surface area contributed by atoms with Gasteiger partial charge in [0.2, 0.25) is 0 Å². The minimum atomic E-state index is -0.185. The first kappa shape index (κ1) is 16.7. The van der Waals surface area contributed by atoms with Gasteiger partial charge in [0.25, 0.3) is 0 Å².